The number of rotatable bonds is 5. The van der Waals surface area contributed by atoms with Crippen LogP contribution in [0.3, 0.4) is 0 Å². The second-order valence-corrected chi connectivity index (χ2v) is 31.8. The molecule has 0 aliphatic carbocycles. The molecule has 0 radical (unpaired) electrons. The fourth-order valence-corrected chi connectivity index (χ4v) is 19.9. The van der Waals surface area contributed by atoms with Crippen LogP contribution in [0.4, 0.5) is 0 Å². The second-order valence-electron chi connectivity index (χ2n) is 31.8. The Kier molecular flexibility index (Phi) is 16.0. The lowest BCUT2D eigenvalue weighted by molar-refractivity contribution is 0.486. The quantitative estimate of drug-likeness (QED) is 0.158. The summed E-state index contributed by atoms with van der Waals surface area (Å²) in [5.41, 5.74) is 20.1. The van der Waals surface area contributed by atoms with Crippen LogP contribution in [0.25, 0.3) is 218 Å². The average Bonchev–Trinajstić information content (AvgIpc) is 0.724. The molecule has 0 spiro atoms. The maximum Gasteiger partial charge on any atom is 0.136 e. The second kappa shape index (κ2) is 28.1. The van der Waals surface area contributed by atoms with Gasteiger partial charge in [-0.05, 0) is 289 Å². The Hall–Kier alpha value is -17.0. The Morgan fingerprint density at radius 2 is 0.472 bits per heavy atom. The lowest BCUT2D eigenvalue weighted by Crippen LogP contribution is -1.98. The normalized spacial score (nSPS) is 11.9. The Labute approximate surface area is 706 Å². The van der Waals surface area contributed by atoms with Crippen molar-refractivity contribution in [2.45, 2.75) is 0 Å². The molecule has 0 saturated carbocycles. The van der Waals surface area contributed by atoms with E-state index in [1.165, 1.54) is 147 Å². The molecule has 0 atom stereocenters. The van der Waals surface area contributed by atoms with Crippen LogP contribution < -0.4 is 14.2 Å². The zero-order valence-corrected chi connectivity index (χ0v) is 66.0. The van der Waals surface area contributed by atoms with Crippen LogP contribution in [0.1, 0.15) is 16.7 Å². The van der Waals surface area contributed by atoms with Gasteiger partial charge in [0.2, 0.25) is 0 Å². The molecule has 0 saturated heterocycles. The highest BCUT2D eigenvalue weighted by Gasteiger charge is 2.29. The summed E-state index contributed by atoms with van der Waals surface area (Å²) in [4.78, 5) is 4.42. The standard InChI is InChI=1S/C41H23NO.C40H22N2O.C35H19NO/c42-24-25-17-18-32-34-20-19-31(33-15-8-16-39(41(33)34)43-40(32)21-25)36-23-38-28-12-5-4-11-27(28)35(26-9-2-1-3-10-26)22-37(38)30-14-7-6-13-29(30)36;41-22-24-14-15-31-33-17-16-30(32-12-5-13-38(40(32)33)43-39(31)19-24)35-21-37-27-9-2-1-8-26(27)34(25-7-6-18-42-23-25)20-36(37)29-11-4-3-10-28(29)35;36-20-21-12-14-28-30-17-16-27(29-10-5-11-33(35(29)30)37-34(28)18-21)32-19-31-23-7-2-1-6-22(23)13-15-26(31)24-8-3-4-9-25(24)32/h1-23H;1-21,23H;1-19H. The van der Waals surface area contributed by atoms with Crippen molar-refractivity contribution in [2.24, 2.45) is 0 Å². The highest BCUT2D eigenvalue weighted by atomic mass is 16.5. The monoisotopic (exact) mass is 1560 g/mol. The Morgan fingerprint density at radius 1 is 0.179 bits per heavy atom. The first-order chi connectivity index (χ1) is 60.9. The Bertz CT molecular complexity index is 8360. The van der Waals surface area contributed by atoms with E-state index < -0.39 is 0 Å². The minimum atomic E-state index is 0.590. The van der Waals surface area contributed by atoms with Crippen LogP contribution >= 0.6 is 0 Å². The molecule has 0 unspecified atom stereocenters. The molecule has 0 bridgehead atoms. The van der Waals surface area contributed by atoms with Gasteiger partial charge in [0.25, 0.3) is 0 Å². The third-order valence-corrected chi connectivity index (χ3v) is 25.3. The van der Waals surface area contributed by atoms with Crippen LogP contribution in [-0.4, -0.2) is 4.98 Å². The number of fused-ring (bicyclic) bond motifs is 21. The van der Waals surface area contributed by atoms with Crippen molar-refractivity contribution in [3.8, 4) is 142 Å². The van der Waals surface area contributed by atoms with Gasteiger partial charge in [-0.15, -0.1) is 0 Å². The minimum absolute atomic E-state index is 0.590. The molecule has 7 heteroatoms. The molecule has 0 N–H and O–H groups in total. The summed E-state index contributed by atoms with van der Waals surface area (Å²) in [6.45, 7) is 0. The van der Waals surface area contributed by atoms with Crippen molar-refractivity contribution in [1.29, 1.82) is 15.8 Å². The smallest absolute Gasteiger partial charge is 0.136 e. The Morgan fingerprint density at radius 3 is 0.854 bits per heavy atom. The molecule has 4 heterocycles. The first-order valence-corrected chi connectivity index (χ1v) is 41.3. The lowest BCUT2D eigenvalue weighted by atomic mass is 9.85. The van der Waals surface area contributed by atoms with E-state index in [4.69, 9.17) is 14.2 Å². The molecule has 23 aromatic rings. The van der Waals surface area contributed by atoms with E-state index >= 15 is 0 Å². The zero-order chi connectivity index (χ0) is 81.5. The predicted molar refractivity (Wildman–Crippen MR) is 505 cm³/mol. The summed E-state index contributed by atoms with van der Waals surface area (Å²) in [6.07, 6.45) is 3.77. The van der Waals surface area contributed by atoms with Gasteiger partial charge in [0.05, 0.1) is 34.9 Å². The van der Waals surface area contributed by atoms with E-state index in [9.17, 15) is 15.8 Å². The van der Waals surface area contributed by atoms with Gasteiger partial charge < -0.3 is 14.2 Å². The molecule has 123 heavy (non-hydrogen) atoms. The third-order valence-electron chi connectivity index (χ3n) is 25.3. The van der Waals surface area contributed by atoms with Crippen LogP contribution in [0.15, 0.2) is 389 Å². The van der Waals surface area contributed by atoms with Gasteiger partial charge in [0, 0.05) is 50.8 Å². The molecule has 26 rings (SSSR count). The Balaban J connectivity index is 0.000000104. The first-order valence-electron chi connectivity index (χ1n) is 41.3. The van der Waals surface area contributed by atoms with E-state index in [1.54, 1.807) is 0 Å². The number of pyridine rings is 1. The average molecular weight is 1560 g/mol. The molecule has 0 fully saturated rings. The van der Waals surface area contributed by atoms with E-state index in [0.29, 0.717) is 16.7 Å². The van der Waals surface area contributed by atoms with Gasteiger partial charge in [-0.1, -0.05) is 267 Å². The topological polar surface area (TPSA) is 112 Å². The van der Waals surface area contributed by atoms with Crippen molar-refractivity contribution in [1.82, 2.24) is 4.98 Å². The third kappa shape index (κ3) is 11.2. The minimum Gasteiger partial charge on any atom is -0.456 e. The fraction of sp³-hybridized carbons (Fsp3) is 0. The number of nitriles is 3. The van der Waals surface area contributed by atoms with Crippen LogP contribution in [-0.2, 0) is 0 Å². The SMILES string of the molecule is N#Cc1ccc2c(c1)Oc1cccc3c(-c4cc5c6ccccc6c(-c6ccccc6)cc5c5ccccc45)ccc-2c13.N#Cc1ccc2c(c1)Oc1cccc3c(-c4cc5c6ccccc6c(-c6cccnc6)cc5c5ccccc45)ccc-2c13.N#Cc1ccc2c(c1)Oc1cccc3c(-c4cc5c6ccccc6ccc5c5ccccc45)ccc-2c13. The summed E-state index contributed by atoms with van der Waals surface area (Å²) in [5.74, 6) is 4.64. The highest BCUT2D eigenvalue weighted by Crippen LogP contribution is 2.56. The largest absolute Gasteiger partial charge is 0.456 e. The molecular weight excluding hydrogens is 1500 g/mol. The molecule has 566 valence electrons. The summed E-state index contributed by atoms with van der Waals surface area (Å²) in [7, 11) is 0. The van der Waals surface area contributed by atoms with Crippen molar-refractivity contribution in [3.63, 3.8) is 0 Å². The van der Waals surface area contributed by atoms with Gasteiger partial charge in [-0.25, -0.2) is 0 Å². The number of aromatic nitrogens is 1. The van der Waals surface area contributed by atoms with E-state index in [0.717, 1.165) is 106 Å². The molecule has 7 nitrogen and oxygen atoms in total. The van der Waals surface area contributed by atoms with Crippen molar-refractivity contribution >= 4 is 129 Å². The molecule has 3 aliphatic rings. The predicted octanol–water partition coefficient (Wildman–Crippen LogP) is 31.6. The van der Waals surface area contributed by atoms with Gasteiger partial charge in [-0.2, -0.15) is 15.8 Å². The van der Waals surface area contributed by atoms with E-state index in [-0.39, 0.29) is 0 Å². The maximum absolute atomic E-state index is 9.44. The number of hydrogen-bond acceptors (Lipinski definition) is 7. The van der Waals surface area contributed by atoms with Gasteiger partial charge >= 0.3 is 0 Å². The van der Waals surface area contributed by atoms with Crippen molar-refractivity contribution in [3.05, 3.63) is 405 Å². The zero-order valence-electron chi connectivity index (χ0n) is 66.0. The number of ether oxygens (including phenoxy) is 3. The number of benzene rings is 22. The molecular formula is C116H64N4O3. The van der Waals surface area contributed by atoms with Gasteiger partial charge in [-0.3, -0.25) is 4.98 Å². The van der Waals surface area contributed by atoms with Crippen molar-refractivity contribution in [2.75, 3.05) is 0 Å². The first kappa shape index (κ1) is 70.2. The summed E-state index contributed by atoms with van der Waals surface area (Å²) >= 11 is 0. The molecule has 22 aromatic carbocycles. The van der Waals surface area contributed by atoms with Crippen LogP contribution in [0.5, 0.6) is 34.5 Å². The summed E-state index contributed by atoms with van der Waals surface area (Å²) in [6, 6.07) is 139. The van der Waals surface area contributed by atoms with E-state index in [1.807, 2.05) is 91.3 Å². The van der Waals surface area contributed by atoms with Gasteiger partial charge in [0.1, 0.15) is 34.5 Å². The van der Waals surface area contributed by atoms with Crippen molar-refractivity contribution < 1.29 is 14.2 Å². The summed E-state index contributed by atoms with van der Waals surface area (Å²) in [5, 5.41) is 57.3. The highest BCUT2D eigenvalue weighted by molar-refractivity contribution is 6.29. The summed E-state index contributed by atoms with van der Waals surface area (Å²) < 4.78 is 19.1. The molecule has 1 aromatic heterocycles. The number of nitrogens with zero attached hydrogens (tertiary/aromatic N) is 4. The van der Waals surface area contributed by atoms with Gasteiger partial charge in [0.15, 0.2) is 0 Å². The fourth-order valence-electron chi connectivity index (χ4n) is 19.9. The number of hydrogen-bond donors (Lipinski definition) is 0. The lowest BCUT2D eigenvalue weighted by Gasteiger charge is -2.23. The maximum atomic E-state index is 9.44. The molecule has 0 amide bonds. The molecule has 3 aliphatic heterocycles. The van der Waals surface area contributed by atoms with Crippen LogP contribution in [0, 0.1) is 34.0 Å². The van der Waals surface area contributed by atoms with Crippen LogP contribution in [0.2, 0.25) is 0 Å². The van der Waals surface area contributed by atoms with E-state index in [2.05, 4.69) is 320 Å².